The van der Waals surface area contributed by atoms with Crippen LogP contribution in [-0.4, -0.2) is 37.4 Å². The standard InChI is InChI=1S/C16H33NO3/c1-6-8-12-19-13-10-9-11-16(5,17-14(3)4)15(18)20-7-2/h14,17H,6-13H2,1-5H3. The first-order valence-corrected chi connectivity index (χ1v) is 7.99. The van der Waals surface area contributed by atoms with E-state index < -0.39 is 5.54 Å². The second kappa shape index (κ2) is 11.1. The fourth-order valence-corrected chi connectivity index (χ4v) is 2.19. The molecule has 0 amide bonds. The van der Waals surface area contributed by atoms with E-state index in [1.54, 1.807) is 0 Å². The summed E-state index contributed by atoms with van der Waals surface area (Å²) >= 11 is 0. The van der Waals surface area contributed by atoms with Crippen molar-refractivity contribution >= 4 is 5.97 Å². The van der Waals surface area contributed by atoms with Crippen molar-refractivity contribution in [3.8, 4) is 0 Å². The highest BCUT2D eigenvalue weighted by atomic mass is 16.5. The lowest BCUT2D eigenvalue weighted by atomic mass is 9.94. The number of rotatable bonds is 12. The van der Waals surface area contributed by atoms with Crippen LogP contribution in [0.2, 0.25) is 0 Å². The molecule has 0 aliphatic heterocycles. The summed E-state index contributed by atoms with van der Waals surface area (Å²) in [4.78, 5) is 12.1. The van der Waals surface area contributed by atoms with E-state index in [0.29, 0.717) is 6.61 Å². The molecule has 1 atom stereocenters. The Bertz CT molecular complexity index is 256. The molecule has 0 aromatic carbocycles. The summed E-state index contributed by atoms with van der Waals surface area (Å²) < 4.78 is 10.7. The minimum absolute atomic E-state index is 0.152. The maximum atomic E-state index is 12.1. The summed E-state index contributed by atoms with van der Waals surface area (Å²) in [5.41, 5.74) is -0.590. The van der Waals surface area contributed by atoms with Gasteiger partial charge in [0, 0.05) is 19.3 Å². The maximum absolute atomic E-state index is 12.1. The molecule has 0 radical (unpaired) electrons. The molecule has 4 nitrogen and oxygen atoms in total. The summed E-state index contributed by atoms with van der Waals surface area (Å²) in [5.74, 6) is -0.152. The van der Waals surface area contributed by atoms with E-state index in [-0.39, 0.29) is 12.0 Å². The number of hydrogen-bond acceptors (Lipinski definition) is 4. The van der Waals surface area contributed by atoms with Gasteiger partial charge >= 0.3 is 5.97 Å². The number of carbonyl (C=O) groups excluding carboxylic acids is 1. The molecule has 1 unspecified atom stereocenters. The van der Waals surface area contributed by atoms with Crippen LogP contribution < -0.4 is 5.32 Å². The van der Waals surface area contributed by atoms with Gasteiger partial charge in [0.25, 0.3) is 0 Å². The molecular weight excluding hydrogens is 254 g/mol. The molecule has 0 rings (SSSR count). The number of esters is 1. The van der Waals surface area contributed by atoms with Gasteiger partial charge in [0.05, 0.1) is 6.61 Å². The molecule has 0 aliphatic carbocycles. The lowest BCUT2D eigenvalue weighted by Crippen LogP contribution is -2.53. The van der Waals surface area contributed by atoms with Crippen LogP contribution in [0.1, 0.15) is 66.7 Å². The number of unbranched alkanes of at least 4 members (excludes halogenated alkanes) is 2. The lowest BCUT2D eigenvalue weighted by Gasteiger charge is -2.30. The lowest BCUT2D eigenvalue weighted by molar-refractivity contribution is -0.151. The molecule has 0 aliphatic rings. The summed E-state index contributed by atoms with van der Waals surface area (Å²) in [6.07, 6.45) is 5.01. The Hall–Kier alpha value is -0.610. The third kappa shape index (κ3) is 8.54. The quantitative estimate of drug-likeness (QED) is 0.442. The number of hydrogen-bond donors (Lipinski definition) is 1. The molecule has 4 heteroatoms. The molecule has 0 aromatic rings. The topological polar surface area (TPSA) is 47.6 Å². The van der Waals surface area contributed by atoms with Gasteiger partial charge in [-0.05, 0) is 53.4 Å². The van der Waals surface area contributed by atoms with Crippen molar-refractivity contribution in [1.82, 2.24) is 5.32 Å². The zero-order valence-electron chi connectivity index (χ0n) is 14.0. The van der Waals surface area contributed by atoms with Crippen molar-refractivity contribution < 1.29 is 14.3 Å². The van der Waals surface area contributed by atoms with Crippen LogP contribution in [0.4, 0.5) is 0 Å². The summed E-state index contributed by atoms with van der Waals surface area (Å²) in [6.45, 7) is 12.1. The van der Waals surface area contributed by atoms with E-state index in [0.717, 1.165) is 38.9 Å². The van der Waals surface area contributed by atoms with Gasteiger partial charge in [0.1, 0.15) is 5.54 Å². The molecule has 0 heterocycles. The van der Waals surface area contributed by atoms with Crippen LogP contribution in [0.15, 0.2) is 0 Å². The monoisotopic (exact) mass is 287 g/mol. The third-order valence-electron chi connectivity index (χ3n) is 3.19. The van der Waals surface area contributed by atoms with Crippen molar-refractivity contribution in [2.24, 2.45) is 0 Å². The maximum Gasteiger partial charge on any atom is 0.326 e. The Kier molecular flexibility index (Phi) is 10.8. The van der Waals surface area contributed by atoms with Gasteiger partial charge in [-0.1, -0.05) is 13.3 Å². The molecule has 0 spiro atoms. The van der Waals surface area contributed by atoms with Gasteiger partial charge in [-0.15, -0.1) is 0 Å². The highest BCUT2D eigenvalue weighted by Crippen LogP contribution is 2.17. The molecule has 0 saturated heterocycles. The number of ether oxygens (including phenoxy) is 2. The average molecular weight is 287 g/mol. The van der Waals surface area contributed by atoms with Crippen molar-refractivity contribution in [3.63, 3.8) is 0 Å². The molecular formula is C16H33NO3. The molecule has 120 valence electrons. The highest BCUT2D eigenvalue weighted by Gasteiger charge is 2.34. The fourth-order valence-electron chi connectivity index (χ4n) is 2.19. The first-order valence-electron chi connectivity index (χ1n) is 7.99. The average Bonchev–Trinajstić information content (AvgIpc) is 2.37. The van der Waals surface area contributed by atoms with Crippen LogP contribution >= 0.6 is 0 Å². The zero-order valence-corrected chi connectivity index (χ0v) is 14.0. The van der Waals surface area contributed by atoms with Gasteiger partial charge in [0.15, 0.2) is 0 Å². The van der Waals surface area contributed by atoms with Gasteiger partial charge < -0.3 is 9.47 Å². The largest absolute Gasteiger partial charge is 0.465 e. The number of carbonyl (C=O) groups is 1. The third-order valence-corrected chi connectivity index (χ3v) is 3.19. The van der Waals surface area contributed by atoms with Crippen molar-refractivity contribution in [2.45, 2.75) is 78.3 Å². The fraction of sp³-hybridized carbons (Fsp3) is 0.938. The minimum Gasteiger partial charge on any atom is -0.465 e. The van der Waals surface area contributed by atoms with Crippen LogP contribution in [0.3, 0.4) is 0 Å². The van der Waals surface area contributed by atoms with Crippen molar-refractivity contribution in [1.29, 1.82) is 0 Å². The van der Waals surface area contributed by atoms with Crippen LogP contribution in [0.25, 0.3) is 0 Å². The van der Waals surface area contributed by atoms with Gasteiger partial charge in [-0.2, -0.15) is 0 Å². The van der Waals surface area contributed by atoms with Crippen molar-refractivity contribution in [3.05, 3.63) is 0 Å². The second-order valence-electron chi connectivity index (χ2n) is 5.77. The van der Waals surface area contributed by atoms with E-state index in [4.69, 9.17) is 9.47 Å². The number of nitrogens with one attached hydrogen (secondary N) is 1. The van der Waals surface area contributed by atoms with Gasteiger partial charge in [0.2, 0.25) is 0 Å². The Balaban J connectivity index is 4.07. The first kappa shape index (κ1) is 19.4. The summed E-state index contributed by atoms with van der Waals surface area (Å²) in [5, 5.41) is 3.34. The van der Waals surface area contributed by atoms with E-state index in [2.05, 4.69) is 12.2 Å². The Labute approximate surface area is 124 Å². The van der Waals surface area contributed by atoms with Crippen LogP contribution in [0.5, 0.6) is 0 Å². The molecule has 20 heavy (non-hydrogen) atoms. The van der Waals surface area contributed by atoms with Gasteiger partial charge in [-0.25, -0.2) is 0 Å². The van der Waals surface area contributed by atoms with Crippen molar-refractivity contribution in [2.75, 3.05) is 19.8 Å². The molecule has 0 fully saturated rings. The van der Waals surface area contributed by atoms with E-state index in [1.165, 1.54) is 6.42 Å². The molecule has 0 bridgehead atoms. The predicted octanol–water partition coefficient (Wildman–Crippen LogP) is 3.29. The van der Waals surface area contributed by atoms with Gasteiger partial charge in [-0.3, -0.25) is 10.1 Å². The Morgan fingerprint density at radius 3 is 2.35 bits per heavy atom. The first-order chi connectivity index (χ1) is 9.46. The Morgan fingerprint density at radius 1 is 1.15 bits per heavy atom. The van der Waals surface area contributed by atoms with E-state index >= 15 is 0 Å². The highest BCUT2D eigenvalue weighted by molar-refractivity contribution is 5.80. The van der Waals surface area contributed by atoms with E-state index in [9.17, 15) is 4.79 Å². The van der Waals surface area contributed by atoms with Crippen LogP contribution in [-0.2, 0) is 14.3 Å². The Morgan fingerprint density at radius 2 is 1.80 bits per heavy atom. The summed E-state index contributed by atoms with van der Waals surface area (Å²) in [7, 11) is 0. The summed E-state index contributed by atoms with van der Waals surface area (Å²) in [6, 6.07) is 0.255. The minimum atomic E-state index is -0.590. The molecule has 1 N–H and O–H groups in total. The van der Waals surface area contributed by atoms with E-state index in [1.807, 2.05) is 27.7 Å². The van der Waals surface area contributed by atoms with Crippen LogP contribution in [0, 0.1) is 0 Å². The second-order valence-corrected chi connectivity index (χ2v) is 5.77. The SMILES string of the molecule is CCCCOCCCCC(C)(NC(C)C)C(=O)OCC. The normalized spacial score (nSPS) is 14.3. The molecule has 0 aromatic heterocycles. The smallest absolute Gasteiger partial charge is 0.326 e. The zero-order chi connectivity index (χ0) is 15.4. The molecule has 0 saturated carbocycles. The predicted molar refractivity (Wildman–Crippen MR) is 82.9 cm³/mol.